The maximum atomic E-state index is 5.71. The summed E-state index contributed by atoms with van der Waals surface area (Å²) in [5.74, 6) is 1.38. The number of hydrogen-bond acceptors (Lipinski definition) is 4. The van der Waals surface area contributed by atoms with Gasteiger partial charge in [0.05, 0.1) is 6.54 Å². The molecule has 0 aliphatic heterocycles. The molecular weight excluding hydrogens is 214 g/mol. The van der Waals surface area contributed by atoms with E-state index < -0.39 is 0 Å². The van der Waals surface area contributed by atoms with Crippen molar-refractivity contribution in [2.45, 2.75) is 20.4 Å². The molecule has 1 aromatic heterocycles. The standard InChI is InChI=1S/C13H19N3O/c1-9(2)7-16(3)8-13-15-11-6-10(14)4-5-12(11)17-13/h4-6,9H,7-8,14H2,1-3H3. The number of benzene rings is 1. The molecule has 0 saturated heterocycles. The fraction of sp³-hybridized carbons (Fsp3) is 0.462. The molecule has 4 nitrogen and oxygen atoms in total. The molecule has 0 radical (unpaired) electrons. The summed E-state index contributed by atoms with van der Waals surface area (Å²) in [5, 5.41) is 0. The fourth-order valence-corrected chi connectivity index (χ4v) is 1.98. The highest BCUT2D eigenvalue weighted by Crippen LogP contribution is 2.19. The lowest BCUT2D eigenvalue weighted by atomic mass is 10.2. The number of nitrogens with two attached hydrogens (primary N) is 1. The van der Waals surface area contributed by atoms with Gasteiger partial charge in [0, 0.05) is 12.2 Å². The van der Waals surface area contributed by atoms with Crippen molar-refractivity contribution < 1.29 is 4.42 Å². The first-order valence-corrected chi connectivity index (χ1v) is 5.88. The fourth-order valence-electron chi connectivity index (χ4n) is 1.98. The van der Waals surface area contributed by atoms with Gasteiger partial charge in [-0.1, -0.05) is 13.8 Å². The predicted octanol–water partition coefficient (Wildman–Crippen LogP) is 2.50. The summed E-state index contributed by atoms with van der Waals surface area (Å²) in [6.07, 6.45) is 0. The van der Waals surface area contributed by atoms with Gasteiger partial charge >= 0.3 is 0 Å². The van der Waals surface area contributed by atoms with E-state index >= 15 is 0 Å². The summed E-state index contributed by atoms with van der Waals surface area (Å²) in [5.41, 5.74) is 8.05. The summed E-state index contributed by atoms with van der Waals surface area (Å²) in [7, 11) is 2.07. The van der Waals surface area contributed by atoms with Gasteiger partial charge in [0.15, 0.2) is 5.58 Å². The molecule has 0 aliphatic rings. The van der Waals surface area contributed by atoms with Crippen LogP contribution in [0.4, 0.5) is 5.69 Å². The third-order valence-electron chi connectivity index (χ3n) is 2.54. The minimum absolute atomic E-state index is 0.639. The number of oxazole rings is 1. The lowest BCUT2D eigenvalue weighted by Gasteiger charge is -2.16. The van der Waals surface area contributed by atoms with Gasteiger partial charge in [-0.3, -0.25) is 4.90 Å². The third-order valence-corrected chi connectivity index (χ3v) is 2.54. The number of anilines is 1. The smallest absolute Gasteiger partial charge is 0.209 e. The van der Waals surface area contributed by atoms with Crippen molar-refractivity contribution in [1.29, 1.82) is 0 Å². The largest absolute Gasteiger partial charge is 0.439 e. The van der Waals surface area contributed by atoms with Gasteiger partial charge in [0.25, 0.3) is 0 Å². The average molecular weight is 233 g/mol. The van der Waals surface area contributed by atoms with Crippen LogP contribution in [0.15, 0.2) is 22.6 Å². The lowest BCUT2D eigenvalue weighted by Crippen LogP contribution is -2.22. The highest BCUT2D eigenvalue weighted by molar-refractivity contribution is 5.76. The molecule has 1 aromatic carbocycles. The van der Waals surface area contributed by atoms with E-state index in [0.717, 1.165) is 30.1 Å². The molecule has 92 valence electrons. The SMILES string of the molecule is CC(C)CN(C)Cc1nc2cc(N)ccc2o1. The van der Waals surface area contributed by atoms with Crippen molar-refractivity contribution >= 4 is 16.8 Å². The molecule has 2 N–H and O–H groups in total. The van der Waals surface area contributed by atoms with Crippen molar-refractivity contribution in [3.05, 3.63) is 24.1 Å². The third kappa shape index (κ3) is 2.97. The summed E-state index contributed by atoms with van der Waals surface area (Å²) < 4.78 is 5.67. The zero-order chi connectivity index (χ0) is 12.4. The Bertz CT molecular complexity index is 504. The van der Waals surface area contributed by atoms with Gasteiger partial charge in [0.1, 0.15) is 5.52 Å². The molecule has 0 amide bonds. The van der Waals surface area contributed by atoms with E-state index in [9.17, 15) is 0 Å². The molecule has 0 spiro atoms. The van der Waals surface area contributed by atoms with Gasteiger partial charge in [-0.05, 0) is 31.2 Å². The van der Waals surface area contributed by atoms with Crippen LogP contribution in [0.5, 0.6) is 0 Å². The zero-order valence-corrected chi connectivity index (χ0v) is 10.6. The van der Waals surface area contributed by atoms with E-state index in [-0.39, 0.29) is 0 Å². The molecule has 4 heteroatoms. The molecule has 2 rings (SSSR count). The maximum Gasteiger partial charge on any atom is 0.209 e. The summed E-state index contributed by atoms with van der Waals surface area (Å²) in [4.78, 5) is 6.64. The van der Waals surface area contributed by atoms with Gasteiger partial charge in [-0.25, -0.2) is 4.98 Å². The minimum atomic E-state index is 0.639. The maximum absolute atomic E-state index is 5.71. The van der Waals surface area contributed by atoms with Crippen LogP contribution in [-0.4, -0.2) is 23.5 Å². The average Bonchev–Trinajstić information content (AvgIpc) is 2.57. The van der Waals surface area contributed by atoms with Crippen LogP contribution in [-0.2, 0) is 6.54 Å². The van der Waals surface area contributed by atoms with E-state index in [1.54, 1.807) is 0 Å². The summed E-state index contributed by atoms with van der Waals surface area (Å²) in [6.45, 7) is 6.15. The van der Waals surface area contributed by atoms with Crippen molar-refractivity contribution in [1.82, 2.24) is 9.88 Å². The number of nitrogens with zero attached hydrogens (tertiary/aromatic N) is 2. The van der Waals surface area contributed by atoms with Crippen molar-refractivity contribution in [2.24, 2.45) is 5.92 Å². The molecule has 0 saturated carbocycles. The number of rotatable bonds is 4. The van der Waals surface area contributed by atoms with Crippen LogP contribution in [0.2, 0.25) is 0 Å². The highest BCUT2D eigenvalue weighted by atomic mass is 16.3. The first-order chi connectivity index (χ1) is 8.04. The monoisotopic (exact) mass is 233 g/mol. The van der Waals surface area contributed by atoms with E-state index in [0.29, 0.717) is 11.6 Å². The lowest BCUT2D eigenvalue weighted by molar-refractivity contribution is 0.263. The van der Waals surface area contributed by atoms with Gasteiger partial charge < -0.3 is 10.2 Å². The zero-order valence-electron chi connectivity index (χ0n) is 10.6. The molecule has 2 aromatic rings. The number of aromatic nitrogens is 1. The molecule has 0 aliphatic carbocycles. The topological polar surface area (TPSA) is 55.3 Å². The normalized spacial score (nSPS) is 11.8. The molecule has 17 heavy (non-hydrogen) atoms. The second-order valence-corrected chi connectivity index (χ2v) is 4.93. The van der Waals surface area contributed by atoms with Crippen LogP contribution >= 0.6 is 0 Å². The quantitative estimate of drug-likeness (QED) is 0.824. The minimum Gasteiger partial charge on any atom is -0.439 e. The van der Waals surface area contributed by atoms with Crippen LogP contribution < -0.4 is 5.73 Å². The first kappa shape index (κ1) is 11.9. The van der Waals surface area contributed by atoms with Crippen molar-refractivity contribution in [3.63, 3.8) is 0 Å². The van der Waals surface area contributed by atoms with E-state index in [2.05, 4.69) is 30.8 Å². The molecule has 0 unspecified atom stereocenters. The molecule has 1 heterocycles. The van der Waals surface area contributed by atoms with Crippen LogP contribution in [0.25, 0.3) is 11.1 Å². The second-order valence-electron chi connectivity index (χ2n) is 4.93. The number of hydrogen-bond donors (Lipinski definition) is 1. The molecule has 0 bridgehead atoms. The van der Waals surface area contributed by atoms with Crippen LogP contribution in [0, 0.1) is 5.92 Å². The summed E-state index contributed by atoms with van der Waals surface area (Å²) >= 11 is 0. The predicted molar refractivity (Wildman–Crippen MR) is 69.6 cm³/mol. The number of nitrogen functional groups attached to an aromatic ring is 1. The molecule has 0 atom stereocenters. The van der Waals surface area contributed by atoms with Crippen molar-refractivity contribution in [3.8, 4) is 0 Å². The van der Waals surface area contributed by atoms with E-state index in [4.69, 9.17) is 10.2 Å². The Balaban J connectivity index is 2.14. The Morgan fingerprint density at radius 2 is 2.18 bits per heavy atom. The Hall–Kier alpha value is -1.55. The van der Waals surface area contributed by atoms with Gasteiger partial charge in [0.2, 0.25) is 5.89 Å². The summed E-state index contributed by atoms with van der Waals surface area (Å²) in [6, 6.07) is 5.53. The molecular formula is C13H19N3O. The van der Waals surface area contributed by atoms with Gasteiger partial charge in [-0.2, -0.15) is 0 Å². The Morgan fingerprint density at radius 1 is 1.41 bits per heavy atom. The first-order valence-electron chi connectivity index (χ1n) is 5.88. The number of fused-ring (bicyclic) bond motifs is 1. The van der Waals surface area contributed by atoms with Gasteiger partial charge in [-0.15, -0.1) is 0 Å². The van der Waals surface area contributed by atoms with Crippen LogP contribution in [0.1, 0.15) is 19.7 Å². The van der Waals surface area contributed by atoms with Crippen molar-refractivity contribution in [2.75, 3.05) is 19.3 Å². The Morgan fingerprint density at radius 3 is 2.88 bits per heavy atom. The second kappa shape index (κ2) is 4.75. The van der Waals surface area contributed by atoms with E-state index in [1.165, 1.54) is 0 Å². The highest BCUT2D eigenvalue weighted by Gasteiger charge is 2.09. The van der Waals surface area contributed by atoms with E-state index in [1.807, 2.05) is 18.2 Å². The molecule has 0 fully saturated rings. The Kier molecular flexibility index (Phi) is 3.33. The Labute approximate surface area is 101 Å². The van der Waals surface area contributed by atoms with Crippen LogP contribution in [0.3, 0.4) is 0 Å².